The van der Waals surface area contributed by atoms with Crippen molar-refractivity contribution in [2.24, 2.45) is 17.6 Å². The molecule has 0 aromatic carbocycles. The molecular weight excluding hydrogens is 221 g/mol. The molecule has 0 aliphatic carbocycles. The summed E-state index contributed by atoms with van der Waals surface area (Å²) in [5, 5.41) is 0. The van der Waals surface area contributed by atoms with Crippen molar-refractivity contribution in [1.82, 2.24) is 4.90 Å². The van der Waals surface area contributed by atoms with Gasteiger partial charge in [-0.05, 0) is 5.92 Å². The monoisotopic (exact) mass is 240 g/mol. The van der Waals surface area contributed by atoms with Gasteiger partial charge in [0, 0.05) is 19.0 Å². The number of nitrogens with two attached hydrogens (primary N) is 1. The lowest BCUT2D eigenvalue weighted by atomic mass is 10.1. The SMILES string of the molecule is CC(C)CN(CC(F)(F)F)C(=O)C(C)CN. The second-order valence-electron chi connectivity index (χ2n) is 4.36. The van der Waals surface area contributed by atoms with Crippen LogP contribution < -0.4 is 5.73 Å². The highest BCUT2D eigenvalue weighted by atomic mass is 19.4. The van der Waals surface area contributed by atoms with Gasteiger partial charge in [-0.3, -0.25) is 4.79 Å². The molecule has 6 heteroatoms. The highest BCUT2D eigenvalue weighted by Gasteiger charge is 2.34. The molecule has 0 aliphatic heterocycles. The normalized spacial score (nSPS) is 14.0. The highest BCUT2D eigenvalue weighted by molar-refractivity contribution is 5.78. The highest BCUT2D eigenvalue weighted by Crippen LogP contribution is 2.18. The first-order valence-corrected chi connectivity index (χ1v) is 5.23. The van der Waals surface area contributed by atoms with E-state index in [-0.39, 0.29) is 19.0 Å². The Balaban J connectivity index is 4.60. The number of halogens is 3. The van der Waals surface area contributed by atoms with Crippen molar-refractivity contribution in [3.05, 3.63) is 0 Å². The van der Waals surface area contributed by atoms with Crippen LogP contribution in [0.15, 0.2) is 0 Å². The Hall–Kier alpha value is -0.780. The van der Waals surface area contributed by atoms with E-state index in [9.17, 15) is 18.0 Å². The Morgan fingerprint density at radius 2 is 1.81 bits per heavy atom. The summed E-state index contributed by atoms with van der Waals surface area (Å²) in [6.07, 6.45) is -4.36. The van der Waals surface area contributed by atoms with Crippen molar-refractivity contribution in [1.29, 1.82) is 0 Å². The fourth-order valence-electron chi connectivity index (χ4n) is 1.30. The van der Waals surface area contributed by atoms with Crippen LogP contribution in [0, 0.1) is 11.8 Å². The van der Waals surface area contributed by atoms with Crippen molar-refractivity contribution in [2.75, 3.05) is 19.6 Å². The summed E-state index contributed by atoms with van der Waals surface area (Å²) in [5.74, 6) is -1.11. The summed E-state index contributed by atoms with van der Waals surface area (Å²) >= 11 is 0. The predicted octanol–water partition coefficient (Wildman–Crippen LogP) is 1.63. The van der Waals surface area contributed by atoms with Crippen molar-refractivity contribution < 1.29 is 18.0 Å². The van der Waals surface area contributed by atoms with Gasteiger partial charge in [-0.25, -0.2) is 0 Å². The molecule has 96 valence electrons. The van der Waals surface area contributed by atoms with E-state index in [4.69, 9.17) is 5.73 Å². The van der Waals surface area contributed by atoms with Crippen LogP contribution in [-0.4, -0.2) is 36.6 Å². The molecule has 0 radical (unpaired) electrons. The standard InChI is InChI=1S/C10H19F3N2O/c1-7(2)5-15(6-10(11,12)13)9(16)8(3)4-14/h7-8H,4-6,14H2,1-3H3. The van der Waals surface area contributed by atoms with Crippen LogP contribution in [0.5, 0.6) is 0 Å². The van der Waals surface area contributed by atoms with Crippen LogP contribution in [-0.2, 0) is 4.79 Å². The van der Waals surface area contributed by atoms with Crippen LogP contribution in [0.25, 0.3) is 0 Å². The lowest BCUT2D eigenvalue weighted by Crippen LogP contribution is -2.44. The summed E-state index contributed by atoms with van der Waals surface area (Å²) in [7, 11) is 0. The van der Waals surface area contributed by atoms with E-state index >= 15 is 0 Å². The first-order chi connectivity index (χ1) is 7.17. The third-order valence-electron chi connectivity index (χ3n) is 2.04. The van der Waals surface area contributed by atoms with E-state index < -0.39 is 24.5 Å². The number of hydrogen-bond acceptors (Lipinski definition) is 2. The Kier molecular flexibility index (Phi) is 5.78. The lowest BCUT2D eigenvalue weighted by Gasteiger charge is -2.27. The van der Waals surface area contributed by atoms with E-state index in [2.05, 4.69) is 0 Å². The molecule has 0 bridgehead atoms. The molecule has 2 N–H and O–H groups in total. The molecule has 0 aromatic rings. The zero-order chi connectivity index (χ0) is 12.9. The molecule has 0 saturated carbocycles. The zero-order valence-electron chi connectivity index (χ0n) is 9.84. The molecule has 0 aliphatic rings. The fourth-order valence-corrected chi connectivity index (χ4v) is 1.30. The fraction of sp³-hybridized carbons (Fsp3) is 0.900. The minimum absolute atomic E-state index is 0.00345. The van der Waals surface area contributed by atoms with Crippen molar-refractivity contribution >= 4 is 5.91 Å². The maximum absolute atomic E-state index is 12.3. The topological polar surface area (TPSA) is 46.3 Å². The van der Waals surface area contributed by atoms with Crippen LogP contribution in [0.4, 0.5) is 13.2 Å². The largest absolute Gasteiger partial charge is 0.406 e. The number of amides is 1. The molecule has 0 saturated heterocycles. The number of hydrogen-bond donors (Lipinski definition) is 1. The second kappa shape index (κ2) is 6.08. The molecule has 0 heterocycles. The van der Waals surface area contributed by atoms with Crippen molar-refractivity contribution in [3.8, 4) is 0 Å². The lowest BCUT2D eigenvalue weighted by molar-refractivity contribution is -0.164. The van der Waals surface area contributed by atoms with Gasteiger partial charge in [-0.2, -0.15) is 13.2 Å². The van der Waals surface area contributed by atoms with Crippen molar-refractivity contribution in [3.63, 3.8) is 0 Å². The van der Waals surface area contributed by atoms with Crippen LogP contribution in [0.1, 0.15) is 20.8 Å². The number of nitrogens with zero attached hydrogens (tertiary/aromatic N) is 1. The Labute approximate surface area is 93.8 Å². The van der Waals surface area contributed by atoms with Crippen LogP contribution in [0.3, 0.4) is 0 Å². The minimum Gasteiger partial charge on any atom is -0.333 e. The van der Waals surface area contributed by atoms with Gasteiger partial charge in [-0.1, -0.05) is 20.8 Å². The Bertz CT molecular complexity index is 229. The van der Waals surface area contributed by atoms with Crippen molar-refractivity contribution in [2.45, 2.75) is 26.9 Å². The summed E-state index contributed by atoms with van der Waals surface area (Å²) in [5.41, 5.74) is 5.28. The molecule has 16 heavy (non-hydrogen) atoms. The molecule has 1 amide bonds. The summed E-state index contributed by atoms with van der Waals surface area (Å²) in [6.45, 7) is 4.03. The molecule has 1 unspecified atom stereocenters. The average Bonchev–Trinajstić information content (AvgIpc) is 2.11. The van der Waals surface area contributed by atoms with Gasteiger partial charge >= 0.3 is 6.18 Å². The number of alkyl halides is 3. The number of rotatable bonds is 5. The minimum atomic E-state index is -4.36. The van der Waals surface area contributed by atoms with Crippen LogP contribution >= 0.6 is 0 Å². The number of carbonyl (C=O) groups excluding carboxylic acids is 1. The third-order valence-corrected chi connectivity index (χ3v) is 2.04. The summed E-state index contributed by atoms with van der Waals surface area (Å²) in [6, 6.07) is 0. The first kappa shape index (κ1) is 15.2. The van der Waals surface area contributed by atoms with Gasteiger partial charge in [0.25, 0.3) is 0 Å². The second-order valence-corrected chi connectivity index (χ2v) is 4.36. The van der Waals surface area contributed by atoms with E-state index in [1.807, 2.05) is 0 Å². The van der Waals surface area contributed by atoms with Gasteiger partial charge in [0.05, 0.1) is 0 Å². The average molecular weight is 240 g/mol. The molecule has 0 aromatic heterocycles. The number of carbonyl (C=O) groups is 1. The summed E-state index contributed by atoms with van der Waals surface area (Å²) in [4.78, 5) is 12.5. The molecule has 1 atom stereocenters. The first-order valence-electron chi connectivity index (χ1n) is 5.23. The molecule has 0 spiro atoms. The quantitative estimate of drug-likeness (QED) is 0.794. The molecule has 0 fully saturated rings. The molecular formula is C10H19F3N2O. The molecule has 0 rings (SSSR count). The maximum atomic E-state index is 12.3. The van der Waals surface area contributed by atoms with E-state index in [0.29, 0.717) is 0 Å². The Morgan fingerprint density at radius 1 is 1.31 bits per heavy atom. The molecule has 3 nitrogen and oxygen atoms in total. The zero-order valence-corrected chi connectivity index (χ0v) is 9.84. The van der Waals surface area contributed by atoms with Gasteiger partial charge < -0.3 is 10.6 Å². The smallest absolute Gasteiger partial charge is 0.333 e. The Morgan fingerprint density at radius 3 is 2.12 bits per heavy atom. The van der Waals surface area contributed by atoms with Crippen LogP contribution in [0.2, 0.25) is 0 Å². The van der Waals surface area contributed by atoms with E-state index in [1.54, 1.807) is 13.8 Å². The summed E-state index contributed by atoms with van der Waals surface area (Å²) < 4.78 is 36.8. The third kappa shape index (κ3) is 5.95. The van der Waals surface area contributed by atoms with E-state index in [1.165, 1.54) is 6.92 Å². The van der Waals surface area contributed by atoms with Gasteiger partial charge in [0.1, 0.15) is 6.54 Å². The van der Waals surface area contributed by atoms with Gasteiger partial charge in [-0.15, -0.1) is 0 Å². The van der Waals surface area contributed by atoms with E-state index in [0.717, 1.165) is 4.90 Å². The maximum Gasteiger partial charge on any atom is 0.406 e. The predicted molar refractivity (Wildman–Crippen MR) is 55.7 cm³/mol. The van der Waals surface area contributed by atoms with Gasteiger partial charge in [0.15, 0.2) is 0 Å². The van der Waals surface area contributed by atoms with Gasteiger partial charge in [0.2, 0.25) is 5.91 Å².